The van der Waals surface area contributed by atoms with Gasteiger partial charge in [0.05, 0.1) is 12.1 Å². The van der Waals surface area contributed by atoms with Gasteiger partial charge < -0.3 is 4.74 Å². The van der Waals surface area contributed by atoms with E-state index in [1.807, 2.05) is 60.7 Å². The fraction of sp³-hybridized carbons (Fsp3) is 0.136. The molecule has 134 valence electrons. The second-order valence-electron chi connectivity index (χ2n) is 6.58. The Morgan fingerprint density at radius 1 is 0.963 bits per heavy atom. The van der Waals surface area contributed by atoms with E-state index in [9.17, 15) is 14.4 Å². The molecule has 5 nitrogen and oxygen atoms in total. The summed E-state index contributed by atoms with van der Waals surface area (Å²) in [7, 11) is 0. The molecule has 2 heterocycles. The highest BCUT2D eigenvalue weighted by Gasteiger charge is 2.62. The van der Waals surface area contributed by atoms with Crippen molar-refractivity contribution in [2.45, 2.75) is 19.1 Å². The van der Waals surface area contributed by atoms with E-state index >= 15 is 0 Å². The maximum Gasteiger partial charge on any atom is 0.332 e. The van der Waals surface area contributed by atoms with Crippen molar-refractivity contribution in [2.24, 2.45) is 0 Å². The largest absolute Gasteiger partial charge is 0.436 e. The van der Waals surface area contributed by atoms with E-state index in [1.54, 1.807) is 13.0 Å². The van der Waals surface area contributed by atoms with Crippen molar-refractivity contribution in [3.8, 4) is 0 Å². The van der Waals surface area contributed by atoms with Crippen LogP contribution in [-0.4, -0.2) is 28.3 Å². The van der Waals surface area contributed by atoms with Crippen molar-refractivity contribution in [3.63, 3.8) is 0 Å². The summed E-state index contributed by atoms with van der Waals surface area (Å²) in [6.07, 6.45) is 2.90. The first-order chi connectivity index (χ1) is 13.0. The Morgan fingerprint density at radius 2 is 1.59 bits per heavy atom. The quantitative estimate of drug-likeness (QED) is 0.480. The Kier molecular flexibility index (Phi) is 4.00. The van der Waals surface area contributed by atoms with E-state index < -0.39 is 23.4 Å². The lowest BCUT2D eigenvalue weighted by molar-refractivity contribution is -0.156. The Hall–Kier alpha value is -3.47. The number of rotatable bonds is 3. The number of hydrogen-bond donors (Lipinski definition) is 0. The van der Waals surface area contributed by atoms with Gasteiger partial charge in [-0.3, -0.25) is 14.5 Å². The highest BCUT2D eigenvalue weighted by Crippen LogP contribution is 2.43. The Bertz CT molecular complexity index is 991. The Balaban J connectivity index is 1.82. The molecule has 2 aliphatic heterocycles. The number of carbonyl (C=O) groups excluding carboxylic acids is 3. The van der Waals surface area contributed by atoms with Gasteiger partial charge in [0, 0.05) is 6.08 Å². The van der Waals surface area contributed by atoms with Gasteiger partial charge in [0.1, 0.15) is 0 Å². The first-order valence-electron chi connectivity index (χ1n) is 8.61. The summed E-state index contributed by atoms with van der Waals surface area (Å²) < 4.78 is 5.45. The standard InChI is InChI=1S/C22H17NO4/c1-15-12-19(24)27-22(15)18(13-16-8-4-2-5-9-16)20(25)23(21(22)26)14-17-10-6-3-7-11-17/h2-13H,14H2,1H3/b18-13-. The summed E-state index contributed by atoms with van der Waals surface area (Å²) in [4.78, 5) is 39.5. The molecule has 4 rings (SSSR count). The van der Waals surface area contributed by atoms with Crippen LogP contribution in [0.15, 0.2) is 77.9 Å². The molecule has 2 aromatic carbocycles. The monoisotopic (exact) mass is 359 g/mol. The van der Waals surface area contributed by atoms with Gasteiger partial charge in [0.2, 0.25) is 5.60 Å². The lowest BCUT2D eigenvalue weighted by Gasteiger charge is -2.23. The van der Waals surface area contributed by atoms with Crippen LogP contribution in [-0.2, 0) is 25.7 Å². The first kappa shape index (κ1) is 17.0. The van der Waals surface area contributed by atoms with Gasteiger partial charge in [0.25, 0.3) is 11.8 Å². The third-order valence-corrected chi connectivity index (χ3v) is 4.84. The van der Waals surface area contributed by atoms with Crippen LogP contribution in [0.3, 0.4) is 0 Å². The molecular weight excluding hydrogens is 342 g/mol. The average Bonchev–Trinajstić information content (AvgIpc) is 3.08. The average molecular weight is 359 g/mol. The van der Waals surface area contributed by atoms with Gasteiger partial charge in [-0.25, -0.2) is 4.79 Å². The van der Waals surface area contributed by atoms with Crippen LogP contribution in [0.1, 0.15) is 18.1 Å². The molecule has 5 heteroatoms. The highest BCUT2D eigenvalue weighted by molar-refractivity contribution is 6.24. The Labute approximate surface area is 156 Å². The molecule has 1 spiro atoms. The summed E-state index contributed by atoms with van der Waals surface area (Å²) in [5, 5.41) is 0. The van der Waals surface area contributed by atoms with Gasteiger partial charge in [-0.15, -0.1) is 0 Å². The maximum absolute atomic E-state index is 13.2. The van der Waals surface area contributed by atoms with E-state index in [4.69, 9.17) is 4.74 Å². The van der Waals surface area contributed by atoms with Crippen LogP contribution >= 0.6 is 0 Å². The fourth-order valence-corrected chi connectivity index (χ4v) is 3.50. The molecule has 0 bridgehead atoms. The summed E-state index contributed by atoms with van der Waals surface area (Å²) in [5.41, 5.74) is 0.489. The number of benzene rings is 2. The number of ether oxygens (including phenoxy) is 1. The molecule has 1 atom stereocenters. The van der Waals surface area contributed by atoms with Crippen LogP contribution in [0.2, 0.25) is 0 Å². The minimum atomic E-state index is -1.67. The molecule has 1 saturated heterocycles. The third kappa shape index (κ3) is 2.68. The van der Waals surface area contributed by atoms with Gasteiger partial charge in [-0.2, -0.15) is 0 Å². The van der Waals surface area contributed by atoms with Crippen molar-refractivity contribution in [1.29, 1.82) is 0 Å². The van der Waals surface area contributed by atoms with Gasteiger partial charge in [-0.1, -0.05) is 60.7 Å². The number of esters is 1. The first-order valence-corrected chi connectivity index (χ1v) is 8.61. The summed E-state index contributed by atoms with van der Waals surface area (Å²) in [6.45, 7) is 1.76. The molecule has 2 amide bonds. The van der Waals surface area contributed by atoms with E-state index in [0.717, 1.165) is 16.0 Å². The summed E-state index contributed by atoms with van der Waals surface area (Å²) in [6, 6.07) is 18.4. The number of imide groups is 1. The second-order valence-corrected chi connectivity index (χ2v) is 6.58. The zero-order valence-electron chi connectivity index (χ0n) is 14.7. The minimum absolute atomic E-state index is 0.122. The molecule has 0 saturated carbocycles. The molecule has 1 unspecified atom stereocenters. The second kappa shape index (κ2) is 6.36. The molecule has 27 heavy (non-hydrogen) atoms. The van der Waals surface area contributed by atoms with Crippen molar-refractivity contribution < 1.29 is 19.1 Å². The molecule has 2 aliphatic rings. The molecule has 0 radical (unpaired) electrons. The van der Waals surface area contributed by atoms with Crippen molar-refractivity contribution in [3.05, 3.63) is 89.0 Å². The molecule has 1 fully saturated rings. The van der Waals surface area contributed by atoms with Crippen LogP contribution in [0, 0.1) is 0 Å². The number of carbonyl (C=O) groups is 3. The number of nitrogens with zero attached hydrogens (tertiary/aromatic N) is 1. The van der Waals surface area contributed by atoms with Crippen LogP contribution in [0.4, 0.5) is 0 Å². The molecular formula is C22H17NO4. The van der Waals surface area contributed by atoms with Crippen molar-refractivity contribution >= 4 is 23.9 Å². The molecule has 0 aromatic heterocycles. The number of likely N-dealkylation sites (tertiary alicyclic amines) is 1. The lowest BCUT2D eigenvalue weighted by Crippen LogP contribution is -2.42. The zero-order valence-corrected chi connectivity index (χ0v) is 14.7. The van der Waals surface area contributed by atoms with E-state index in [1.165, 1.54) is 6.08 Å². The topological polar surface area (TPSA) is 63.7 Å². The predicted molar refractivity (Wildman–Crippen MR) is 99.0 cm³/mol. The normalized spacial score (nSPS) is 23.3. The minimum Gasteiger partial charge on any atom is -0.436 e. The maximum atomic E-state index is 13.2. The van der Waals surface area contributed by atoms with Gasteiger partial charge >= 0.3 is 5.97 Å². The van der Waals surface area contributed by atoms with Crippen LogP contribution < -0.4 is 0 Å². The van der Waals surface area contributed by atoms with Crippen LogP contribution in [0.5, 0.6) is 0 Å². The summed E-state index contributed by atoms with van der Waals surface area (Å²) >= 11 is 0. The van der Waals surface area contributed by atoms with E-state index in [0.29, 0.717) is 5.57 Å². The Morgan fingerprint density at radius 3 is 2.19 bits per heavy atom. The van der Waals surface area contributed by atoms with Gasteiger partial charge in [0.15, 0.2) is 0 Å². The smallest absolute Gasteiger partial charge is 0.332 e. The number of amides is 2. The predicted octanol–water partition coefficient (Wildman–Crippen LogP) is 2.88. The third-order valence-electron chi connectivity index (χ3n) is 4.84. The molecule has 2 aromatic rings. The number of hydrogen-bond acceptors (Lipinski definition) is 4. The summed E-state index contributed by atoms with van der Waals surface area (Å²) in [5.74, 6) is -1.59. The van der Waals surface area contributed by atoms with Gasteiger partial charge in [-0.05, 0) is 29.7 Å². The molecule has 0 aliphatic carbocycles. The van der Waals surface area contributed by atoms with Crippen LogP contribution in [0.25, 0.3) is 6.08 Å². The van der Waals surface area contributed by atoms with Crippen molar-refractivity contribution in [2.75, 3.05) is 0 Å². The van der Waals surface area contributed by atoms with E-state index in [2.05, 4.69) is 0 Å². The zero-order chi connectivity index (χ0) is 19.0. The lowest BCUT2D eigenvalue weighted by atomic mass is 9.88. The highest BCUT2D eigenvalue weighted by atomic mass is 16.6. The van der Waals surface area contributed by atoms with Crippen molar-refractivity contribution in [1.82, 2.24) is 4.90 Å². The van der Waals surface area contributed by atoms with E-state index in [-0.39, 0.29) is 12.1 Å². The SMILES string of the molecule is CC1=CC(=O)OC12C(=O)N(Cc1ccccc1)C(=O)/C2=C/c1ccccc1. The molecule has 0 N–H and O–H groups in total. The fourth-order valence-electron chi connectivity index (χ4n) is 3.50.